The van der Waals surface area contributed by atoms with Crippen LogP contribution in [-0.4, -0.2) is 9.91 Å². The standard InChI is InChI=1S/C9H9N3O2/c10-4-6-2-1-3-7-8(12(13)14)5-11-9(6)7/h1-3,5,11H,4,10H2. The fourth-order valence-electron chi connectivity index (χ4n) is 1.52. The van der Waals surface area contributed by atoms with Crippen molar-refractivity contribution in [1.82, 2.24) is 4.98 Å². The van der Waals surface area contributed by atoms with E-state index in [1.54, 1.807) is 12.1 Å². The van der Waals surface area contributed by atoms with Crippen LogP contribution < -0.4 is 5.73 Å². The molecule has 0 bridgehead atoms. The highest BCUT2D eigenvalue weighted by atomic mass is 16.6. The summed E-state index contributed by atoms with van der Waals surface area (Å²) in [6, 6.07) is 5.33. The minimum Gasteiger partial charge on any atom is -0.355 e. The fraction of sp³-hybridized carbons (Fsp3) is 0.111. The Morgan fingerprint density at radius 2 is 2.29 bits per heavy atom. The lowest BCUT2D eigenvalue weighted by Gasteiger charge is -1.97. The fourth-order valence-corrected chi connectivity index (χ4v) is 1.52. The molecule has 0 spiro atoms. The number of para-hydroxylation sites is 1. The Balaban J connectivity index is 2.75. The number of hydrogen-bond donors (Lipinski definition) is 2. The Bertz CT molecular complexity index is 490. The lowest BCUT2D eigenvalue weighted by atomic mass is 10.1. The first-order valence-electron chi connectivity index (χ1n) is 4.17. The van der Waals surface area contributed by atoms with Crippen LogP contribution in [0.1, 0.15) is 5.56 Å². The van der Waals surface area contributed by atoms with Crippen LogP contribution in [-0.2, 0) is 6.54 Å². The molecule has 2 aromatic rings. The highest BCUT2D eigenvalue weighted by Crippen LogP contribution is 2.26. The minimum absolute atomic E-state index is 0.0929. The predicted octanol–water partition coefficient (Wildman–Crippen LogP) is 1.53. The molecule has 0 amide bonds. The van der Waals surface area contributed by atoms with Crippen LogP contribution in [0.4, 0.5) is 5.69 Å². The topological polar surface area (TPSA) is 84.9 Å². The molecule has 2 rings (SSSR count). The van der Waals surface area contributed by atoms with Crippen molar-refractivity contribution in [1.29, 1.82) is 0 Å². The number of aromatic nitrogens is 1. The van der Waals surface area contributed by atoms with Gasteiger partial charge in [-0.2, -0.15) is 0 Å². The van der Waals surface area contributed by atoms with Crippen LogP contribution in [0.25, 0.3) is 10.9 Å². The number of aromatic amines is 1. The van der Waals surface area contributed by atoms with E-state index in [1.165, 1.54) is 6.20 Å². The molecule has 1 aromatic heterocycles. The molecule has 0 fully saturated rings. The minimum atomic E-state index is -0.404. The maximum Gasteiger partial charge on any atom is 0.294 e. The Hall–Kier alpha value is -1.88. The predicted molar refractivity (Wildman–Crippen MR) is 52.8 cm³/mol. The molecule has 0 atom stereocenters. The Morgan fingerprint density at radius 3 is 2.93 bits per heavy atom. The van der Waals surface area contributed by atoms with E-state index in [0.29, 0.717) is 11.9 Å². The second-order valence-electron chi connectivity index (χ2n) is 2.97. The molecular formula is C9H9N3O2. The highest BCUT2D eigenvalue weighted by molar-refractivity contribution is 5.91. The third kappa shape index (κ3) is 1.14. The molecule has 0 saturated carbocycles. The third-order valence-corrected chi connectivity index (χ3v) is 2.20. The molecular weight excluding hydrogens is 182 g/mol. The van der Waals surface area contributed by atoms with E-state index < -0.39 is 4.92 Å². The molecule has 0 aliphatic rings. The van der Waals surface area contributed by atoms with Crippen molar-refractivity contribution in [2.45, 2.75) is 6.54 Å². The van der Waals surface area contributed by atoms with Gasteiger partial charge in [0.1, 0.15) is 0 Å². The van der Waals surface area contributed by atoms with Crippen LogP contribution >= 0.6 is 0 Å². The first-order chi connectivity index (χ1) is 6.74. The van der Waals surface area contributed by atoms with E-state index in [9.17, 15) is 10.1 Å². The van der Waals surface area contributed by atoms with Gasteiger partial charge in [0.05, 0.1) is 22.0 Å². The highest BCUT2D eigenvalue weighted by Gasteiger charge is 2.14. The number of hydrogen-bond acceptors (Lipinski definition) is 3. The van der Waals surface area contributed by atoms with E-state index in [2.05, 4.69) is 4.98 Å². The van der Waals surface area contributed by atoms with Gasteiger partial charge in [-0.15, -0.1) is 0 Å². The lowest BCUT2D eigenvalue weighted by Crippen LogP contribution is -1.96. The summed E-state index contributed by atoms with van der Waals surface area (Å²) >= 11 is 0. The van der Waals surface area contributed by atoms with Gasteiger partial charge < -0.3 is 10.7 Å². The zero-order valence-electron chi connectivity index (χ0n) is 7.36. The maximum atomic E-state index is 10.6. The molecule has 1 aromatic carbocycles. The summed E-state index contributed by atoms with van der Waals surface area (Å²) in [5.41, 5.74) is 7.24. The number of nitrogens with zero attached hydrogens (tertiary/aromatic N) is 1. The summed E-state index contributed by atoms with van der Waals surface area (Å²) in [5, 5.41) is 11.2. The lowest BCUT2D eigenvalue weighted by molar-refractivity contribution is -0.383. The van der Waals surface area contributed by atoms with Gasteiger partial charge in [-0.25, -0.2) is 0 Å². The monoisotopic (exact) mass is 191 g/mol. The molecule has 72 valence electrons. The second kappa shape index (κ2) is 3.12. The van der Waals surface area contributed by atoms with E-state index in [4.69, 9.17) is 5.73 Å². The summed E-state index contributed by atoms with van der Waals surface area (Å²) in [7, 11) is 0. The number of nitrogens with one attached hydrogen (secondary N) is 1. The zero-order chi connectivity index (χ0) is 10.1. The van der Waals surface area contributed by atoms with E-state index in [1.807, 2.05) is 6.07 Å². The van der Waals surface area contributed by atoms with Gasteiger partial charge in [0.2, 0.25) is 0 Å². The maximum absolute atomic E-state index is 10.6. The number of nitrogens with two attached hydrogens (primary N) is 1. The van der Waals surface area contributed by atoms with Gasteiger partial charge in [0.15, 0.2) is 0 Å². The molecule has 0 unspecified atom stereocenters. The van der Waals surface area contributed by atoms with Crippen LogP contribution in [0.3, 0.4) is 0 Å². The molecule has 0 radical (unpaired) electrons. The van der Waals surface area contributed by atoms with Gasteiger partial charge in [-0.05, 0) is 11.6 Å². The first kappa shape index (κ1) is 8.71. The normalized spacial score (nSPS) is 10.6. The van der Waals surface area contributed by atoms with Gasteiger partial charge in [0.25, 0.3) is 5.69 Å². The number of nitro groups is 1. The average Bonchev–Trinajstić information content (AvgIpc) is 2.60. The van der Waals surface area contributed by atoms with Gasteiger partial charge in [-0.3, -0.25) is 10.1 Å². The average molecular weight is 191 g/mol. The van der Waals surface area contributed by atoms with E-state index in [0.717, 1.165) is 11.1 Å². The smallest absolute Gasteiger partial charge is 0.294 e. The number of fused-ring (bicyclic) bond motifs is 1. The molecule has 0 saturated heterocycles. The molecule has 3 N–H and O–H groups in total. The van der Waals surface area contributed by atoms with Crippen LogP contribution in [0.15, 0.2) is 24.4 Å². The largest absolute Gasteiger partial charge is 0.355 e. The molecule has 0 aliphatic carbocycles. The summed E-state index contributed by atoms with van der Waals surface area (Å²) < 4.78 is 0. The Morgan fingerprint density at radius 1 is 1.50 bits per heavy atom. The molecule has 14 heavy (non-hydrogen) atoms. The quantitative estimate of drug-likeness (QED) is 0.557. The molecule has 5 heteroatoms. The van der Waals surface area contributed by atoms with Gasteiger partial charge >= 0.3 is 0 Å². The van der Waals surface area contributed by atoms with Crippen molar-refractivity contribution in [3.05, 3.63) is 40.1 Å². The summed E-state index contributed by atoms with van der Waals surface area (Å²) in [6.07, 6.45) is 1.39. The summed E-state index contributed by atoms with van der Waals surface area (Å²) in [4.78, 5) is 13.1. The van der Waals surface area contributed by atoms with Gasteiger partial charge in [0, 0.05) is 6.54 Å². The van der Waals surface area contributed by atoms with Gasteiger partial charge in [-0.1, -0.05) is 12.1 Å². The van der Waals surface area contributed by atoms with E-state index >= 15 is 0 Å². The van der Waals surface area contributed by atoms with Crippen molar-refractivity contribution >= 4 is 16.6 Å². The van der Waals surface area contributed by atoms with E-state index in [-0.39, 0.29) is 5.69 Å². The summed E-state index contributed by atoms with van der Waals surface area (Å²) in [6.45, 7) is 0.370. The Kier molecular flexibility index (Phi) is 1.94. The van der Waals surface area contributed by atoms with Crippen molar-refractivity contribution in [2.75, 3.05) is 0 Å². The van der Waals surface area contributed by atoms with Crippen molar-refractivity contribution in [3.63, 3.8) is 0 Å². The number of benzene rings is 1. The Labute approximate surface area is 79.7 Å². The molecule has 1 heterocycles. The van der Waals surface area contributed by atoms with Crippen molar-refractivity contribution < 1.29 is 4.92 Å². The number of H-pyrrole nitrogens is 1. The summed E-state index contributed by atoms with van der Waals surface area (Å²) in [5.74, 6) is 0. The van der Waals surface area contributed by atoms with Crippen LogP contribution in [0.5, 0.6) is 0 Å². The SMILES string of the molecule is NCc1cccc2c([N+](=O)[O-])c[nH]c12. The molecule has 0 aliphatic heterocycles. The second-order valence-corrected chi connectivity index (χ2v) is 2.97. The van der Waals surface area contributed by atoms with Crippen LogP contribution in [0.2, 0.25) is 0 Å². The van der Waals surface area contributed by atoms with Crippen molar-refractivity contribution in [3.8, 4) is 0 Å². The molecule has 5 nitrogen and oxygen atoms in total. The first-order valence-corrected chi connectivity index (χ1v) is 4.17. The van der Waals surface area contributed by atoms with Crippen LogP contribution in [0, 0.1) is 10.1 Å². The zero-order valence-corrected chi connectivity index (χ0v) is 7.36. The third-order valence-electron chi connectivity index (χ3n) is 2.20. The number of rotatable bonds is 2. The van der Waals surface area contributed by atoms with Crippen molar-refractivity contribution in [2.24, 2.45) is 5.73 Å².